The third-order valence-electron chi connectivity index (χ3n) is 6.06. The van der Waals surface area contributed by atoms with E-state index in [4.69, 9.17) is 0 Å². The molecule has 4 N–H and O–H groups in total. The molecule has 1 aliphatic carbocycles. The zero-order valence-corrected chi connectivity index (χ0v) is 19.1. The highest BCUT2D eigenvalue weighted by Gasteiger charge is 2.41. The van der Waals surface area contributed by atoms with Crippen molar-refractivity contribution in [1.82, 2.24) is 0 Å². The number of nitriles is 2. The fourth-order valence-corrected chi connectivity index (χ4v) is 4.29. The van der Waals surface area contributed by atoms with Crippen LogP contribution in [0.4, 0.5) is 31.5 Å². The molecule has 0 saturated heterocycles. The predicted molar refractivity (Wildman–Crippen MR) is 132 cm³/mol. The van der Waals surface area contributed by atoms with Crippen molar-refractivity contribution in [2.24, 2.45) is 0 Å². The summed E-state index contributed by atoms with van der Waals surface area (Å²) < 4.78 is 32.4. The zero-order valence-electron chi connectivity index (χ0n) is 19.1. The molecule has 0 amide bonds. The average molecular weight is 508 g/mol. The summed E-state index contributed by atoms with van der Waals surface area (Å²) in [6, 6.07) is 17.7. The molecular formula is C28H14F2N4O4. The number of carbonyl (C=O) groups is 2. The number of anilines is 4. The van der Waals surface area contributed by atoms with Gasteiger partial charge in [-0.1, -0.05) is 24.3 Å². The van der Waals surface area contributed by atoms with Crippen LogP contribution in [0.5, 0.6) is 11.5 Å². The van der Waals surface area contributed by atoms with Crippen LogP contribution in [0.15, 0.2) is 60.7 Å². The largest absolute Gasteiger partial charge is 0.507 e. The number of para-hydroxylation sites is 2. The second kappa shape index (κ2) is 9.04. The number of nitrogens with one attached hydrogen (secondary N) is 2. The van der Waals surface area contributed by atoms with E-state index in [-0.39, 0.29) is 22.5 Å². The van der Waals surface area contributed by atoms with Crippen molar-refractivity contribution in [3.63, 3.8) is 0 Å². The number of benzene rings is 4. The Labute approximate surface area is 213 Å². The van der Waals surface area contributed by atoms with E-state index in [0.29, 0.717) is 0 Å². The van der Waals surface area contributed by atoms with Gasteiger partial charge in [-0.3, -0.25) is 9.59 Å². The Kier molecular flexibility index (Phi) is 5.71. The predicted octanol–water partition coefficient (Wildman–Crippen LogP) is 5.38. The summed E-state index contributed by atoms with van der Waals surface area (Å²) >= 11 is 0. The van der Waals surface area contributed by atoms with Gasteiger partial charge >= 0.3 is 0 Å². The first-order valence-corrected chi connectivity index (χ1v) is 11.0. The molecule has 0 aliphatic heterocycles. The molecule has 0 aromatic heterocycles. The highest BCUT2D eigenvalue weighted by molar-refractivity contribution is 6.31. The van der Waals surface area contributed by atoms with Crippen LogP contribution in [0.3, 0.4) is 0 Å². The maximum absolute atomic E-state index is 16.2. The lowest BCUT2D eigenvalue weighted by Gasteiger charge is -2.25. The average Bonchev–Trinajstić information content (AvgIpc) is 2.92. The Bertz CT molecular complexity index is 1660. The molecule has 0 heterocycles. The molecule has 0 fully saturated rings. The van der Waals surface area contributed by atoms with Gasteiger partial charge in [0.2, 0.25) is 11.6 Å². The number of hydrogen-bond acceptors (Lipinski definition) is 8. The molecule has 1 aliphatic rings. The third kappa shape index (κ3) is 3.56. The number of phenolic OH excluding ortho intramolecular Hbond substituents is 2. The van der Waals surface area contributed by atoms with Gasteiger partial charge in [0.05, 0.1) is 44.8 Å². The molecule has 8 nitrogen and oxygen atoms in total. The van der Waals surface area contributed by atoms with Gasteiger partial charge in [-0.2, -0.15) is 10.5 Å². The summed E-state index contributed by atoms with van der Waals surface area (Å²) in [4.78, 5) is 26.6. The van der Waals surface area contributed by atoms with Crippen LogP contribution in [0, 0.1) is 34.3 Å². The standard InChI is InChI=1S/C28H14F2N4O4/c29-23-21-22(28(38)20-18(36)10-9-17(35)19(20)27(21)37)24(30)26(34-16-8-4-2-6-14(16)12-32)25(23)33-15-7-3-1-5-13(15)11-31/h1-10,33-36H. The monoisotopic (exact) mass is 508 g/mol. The van der Waals surface area contributed by atoms with Crippen molar-refractivity contribution in [2.75, 3.05) is 10.6 Å². The summed E-state index contributed by atoms with van der Waals surface area (Å²) in [5, 5.41) is 44.7. The number of aromatic hydroxyl groups is 2. The van der Waals surface area contributed by atoms with Crippen molar-refractivity contribution < 1.29 is 28.6 Å². The number of halogens is 2. The van der Waals surface area contributed by atoms with Gasteiger partial charge in [-0.05, 0) is 36.4 Å². The van der Waals surface area contributed by atoms with Gasteiger partial charge in [0.1, 0.15) is 35.0 Å². The number of carbonyl (C=O) groups excluding carboxylic acids is 2. The highest BCUT2D eigenvalue weighted by atomic mass is 19.1. The van der Waals surface area contributed by atoms with E-state index in [0.717, 1.165) is 12.1 Å². The Morgan fingerprint density at radius 1 is 0.605 bits per heavy atom. The zero-order chi connectivity index (χ0) is 27.1. The lowest BCUT2D eigenvalue weighted by atomic mass is 9.81. The van der Waals surface area contributed by atoms with Crippen molar-refractivity contribution in [2.45, 2.75) is 0 Å². The molecule has 38 heavy (non-hydrogen) atoms. The van der Waals surface area contributed by atoms with Gasteiger partial charge in [0.25, 0.3) is 0 Å². The Balaban J connectivity index is 1.82. The minimum Gasteiger partial charge on any atom is -0.507 e. The van der Waals surface area contributed by atoms with Crippen LogP contribution in [0.25, 0.3) is 0 Å². The Morgan fingerprint density at radius 3 is 1.34 bits per heavy atom. The van der Waals surface area contributed by atoms with Crippen molar-refractivity contribution in [3.05, 3.63) is 106 Å². The van der Waals surface area contributed by atoms with Gasteiger partial charge in [0.15, 0.2) is 11.6 Å². The summed E-state index contributed by atoms with van der Waals surface area (Å²) in [6.45, 7) is 0. The smallest absolute Gasteiger partial charge is 0.201 e. The molecule has 5 rings (SSSR count). The molecule has 10 heteroatoms. The van der Waals surface area contributed by atoms with E-state index in [2.05, 4.69) is 10.6 Å². The van der Waals surface area contributed by atoms with Crippen molar-refractivity contribution in [3.8, 4) is 23.6 Å². The topological polar surface area (TPSA) is 146 Å². The number of phenols is 2. The van der Waals surface area contributed by atoms with E-state index >= 15 is 8.78 Å². The molecule has 0 bridgehead atoms. The Morgan fingerprint density at radius 2 is 0.974 bits per heavy atom. The maximum Gasteiger partial charge on any atom is 0.201 e. The minimum atomic E-state index is -1.35. The van der Waals surface area contributed by atoms with Crippen LogP contribution in [-0.4, -0.2) is 21.8 Å². The molecule has 0 radical (unpaired) electrons. The molecule has 4 aromatic rings. The third-order valence-corrected chi connectivity index (χ3v) is 6.06. The van der Waals surface area contributed by atoms with Crippen LogP contribution in [0.1, 0.15) is 43.0 Å². The fourth-order valence-electron chi connectivity index (χ4n) is 4.29. The van der Waals surface area contributed by atoms with Crippen molar-refractivity contribution in [1.29, 1.82) is 10.5 Å². The van der Waals surface area contributed by atoms with Gasteiger partial charge in [-0.15, -0.1) is 0 Å². The summed E-state index contributed by atoms with van der Waals surface area (Å²) in [6.07, 6.45) is 0. The van der Waals surface area contributed by atoms with Gasteiger partial charge in [0, 0.05) is 0 Å². The van der Waals surface area contributed by atoms with E-state index in [1.54, 1.807) is 24.3 Å². The van der Waals surface area contributed by atoms with Crippen LogP contribution in [0.2, 0.25) is 0 Å². The first-order valence-electron chi connectivity index (χ1n) is 11.0. The number of nitrogens with zero attached hydrogens (tertiary/aromatic N) is 2. The molecular weight excluding hydrogens is 494 g/mol. The lowest BCUT2D eigenvalue weighted by molar-refractivity contribution is 0.0967. The molecule has 0 atom stereocenters. The quantitative estimate of drug-likeness (QED) is 0.237. The van der Waals surface area contributed by atoms with Crippen molar-refractivity contribution >= 4 is 34.3 Å². The second-order valence-electron chi connectivity index (χ2n) is 8.20. The van der Waals surface area contributed by atoms with Crippen LogP contribution >= 0.6 is 0 Å². The first kappa shape index (κ1) is 24.0. The highest BCUT2D eigenvalue weighted by Crippen LogP contribution is 2.45. The normalized spacial score (nSPS) is 11.7. The number of rotatable bonds is 4. The molecule has 0 spiro atoms. The van der Waals surface area contributed by atoms with Gasteiger partial charge in [-0.25, -0.2) is 8.78 Å². The first-order chi connectivity index (χ1) is 18.3. The lowest BCUT2D eigenvalue weighted by Crippen LogP contribution is -2.26. The summed E-state index contributed by atoms with van der Waals surface area (Å²) in [7, 11) is 0. The summed E-state index contributed by atoms with van der Waals surface area (Å²) in [5.41, 5.74) is -4.22. The molecule has 0 saturated carbocycles. The molecule has 184 valence electrons. The summed E-state index contributed by atoms with van der Waals surface area (Å²) in [5.74, 6) is -6.54. The van der Waals surface area contributed by atoms with E-state index in [1.165, 1.54) is 24.3 Å². The van der Waals surface area contributed by atoms with E-state index in [9.17, 15) is 30.3 Å². The minimum absolute atomic E-state index is 0.0698. The number of fused-ring (bicyclic) bond motifs is 2. The van der Waals surface area contributed by atoms with Crippen LogP contribution < -0.4 is 10.6 Å². The number of ketones is 2. The SMILES string of the molecule is N#Cc1ccccc1Nc1c(F)c2c(c(F)c1Nc1ccccc1C#N)C(=O)c1c(O)ccc(O)c1C2=O. The maximum atomic E-state index is 16.2. The molecule has 4 aromatic carbocycles. The van der Waals surface area contributed by atoms with Gasteiger partial charge < -0.3 is 20.8 Å². The van der Waals surface area contributed by atoms with E-state index < -0.39 is 68.3 Å². The van der Waals surface area contributed by atoms with E-state index in [1.807, 2.05) is 12.1 Å². The number of hydrogen-bond donors (Lipinski definition) is 4. The Hall–Kier alpha value is -5.74. The second-order valence-corrected chi connectivity index (χ2v) is 8.20. The fraction of sp³-hybridized carbons (Fsp3) is 0. The van der Waals surface area contributed by atoms with Crippen LogP contribution in [-0.2, 0) is 0 Å². The molecule has 0 unspecified atom stereocenters.